The maximum Gasteiger partial charge on any atom is 0.128 e. The minimum Gasteiger partial charge on any atom is -0.377 e. The van der Waals surface area contributed by atoms with E-state index in [2.05, 4.69) is 28.2 Å². The van der Waals surface area contributed by atoms with E-state index in [-0.39, 0.29) is 5.82 Å². The number of unbranched alkanes of at least 4 members (excludes halogenated alkanes) is 1. The largest absolute Gasteiger partial charge is 0.377 e. The van der Waals surface area contributed by atoms with Gasteiger partial charge in [0.05, 0.1) is 6.61 Å². The second-order valence-corrected chi connectivity index (χ2v) is 4.76. The van der Waals surface area contributed by atoms with Crippen LogP contribution < -0.4 is 5.32 Å². The van der Waals surface area contributed by atoms with E-state index in [4.69, 9.17) is 4.74 Å². The summed E-state index contributed by atoms with van der Waals surface area (Å²) in [5, 5.41) is 3.25. The molecule has 0 saturated carbocycles. The van der Waals surface area contributed by atoms with Gasteiger partial charge in [-0.15, -0.1) is 0 Å². The smallest absolute Gasteiger partial charge is 0.128 e. The molecule has 1 aromatic carbocycles. The third-order valence-corrected chi connectivity index (χ3v) is 2.90. The monoisotopic (exact) mass is 303 g/mol. The lowest BCUT2D eigenvalue weighted by Crippen LogP contribution is -2.14. The van der Waals surface area contributed by atoms with Crippen molar-refractivity contribution in [1.29, 1.82) is 0 Å². The Morgan fingerprint density at radius 2 is 2.18 bits per heavy atom. The summed E-state index contributed by atoms with van der Waals surface area (Å²) in [6, 6.07) is 4.90. The first kappa shape index (κ1) is 14.6. The lowest BCUT2D eigenvalue weighted by atomic mass is 10.2. The molecule has 1 N–H and O–H groups in total. The minimum absolute atomic E-state index is 0.208. The first-order chi connectivity index (χ1) is 8.24. The number of hydrogen-bond donors (Lipinski definition) is 1. The highest BCUT2D eigenvalue weighted by Crippen LogP contribution is 2.16. The minimum atomic E-state index is -0.208. The summed E-state index contributed by atoms with van der Waals surface area (Å²) in [4.78, 5) is 0. The summed E-state index contributed by atoms with van der Waals surface area (Å²) in [6.07, 6.45) is 2.09. The molecule has 0 aliphatic rings. The Morgan fingerprint density at radius 3 is 2.94 bits per heavy atom. The van der Waals surface area contributed by atoms with Crippen molar-refractivity contribution in [3.8, 4) is 0 Å². The quantitative estimate of drug-likeness (QED) is 0.742. The van der Waals surface area contributed by atoms with Crippen LogP contribution >= 0.6 is 15.9 Å². The zero-order valence-corrected chi connectivity index (χ0v) is 11.7. The van der Waals surface area contributed by atoms with Crippen molar-refractivity contribution in [2.75, 3.05) is 19.7 Å². The van der Waals surface area contributed by atoms with Gasteiger partial charge in [0.15, 0.2) is 0 Å². The number of nitrogens with one attached hydrogen (secondary N) is 1. The van der Waals surface area contributed by atoms with Crippen molar-refractivity contribution in [3.63, 3.8) is 0 Å². The van der Waals surface area contributed by atoms with Gasteiger partial charge in [-0.05, 0) is 44.1 Å². The van der Waals surface area contributed by atoms with E-state index < -0.39 is 0 Å². The van der Waals surface area contributed by atoms with Crippen LogP contribution in [0.2, 0.25) is 0 Å². The zero-order valence-electron chi connectivity index (χ0n) is 10.1. The molecule has 0 unspecified atom stereocenters. The lowest BCUT2D eigenvalue weighted by Gasteiger charge is -2.06. The van der Waals surface area contributed by atoms with Crippen LogP contribution in [0.25, 0.3) is 0 Å². The highest BCUT2D eigenvalue weighted by Gasteiger charge is 2.02. The predicted molar refractivity (Wildman–Crippen MR) is 71.5 cm³/mol. The SMILES string of the molecule is CCNCCCCOCc1cc(Br)ccc1F. The Labute approximate surface area is 111 Å². The molecule has 17 heavy (non-hydrogen) atoms. The molecule has 1 rings (SSSR count). The molecule has 1 aromatic rings. The van der Waals surface area contributed by atoms with Gasteiger partial charge in [-0.1, -0.05) is 22.9 Å². The number of rotatable bonds is 8. The molecular formula is C13H19BrFNO. The van der Waals surface area contributed by atoms with Crippen molar-refractivity contribution in [3.05, 3.63) is 34.1 Å². The fourth-order valence-corrected chi connectivity index (χ4v) is 1.88. The standard InChI is InChI=1S/C13H19BrFNO/c1-2-16-7-3-4-8-17-10-11-9-12(14)5-6-13(11)15/h5-6,9,16H,2-4,7-8,10H2,1H3. The molecule has 0 spiro atoms. The second-order valence-electron chi connectivity index (χ2n) is 3.85. The van der Waals surface area contributed by atoms with E-state index in [1.807, 2.05) is 0 Å². The highest BCUT2D eigenvalue weighted by atomic mass is 79.9. The van der Waals surface area contributed by atoms with Crippen LogP contribution in [0, 0.1) is 5.82 Å². The molecule has 0 amide bonds. The van der Waals surface area contributed by atoms with E-state index in [0.717, 1.165) is 30.4 Å². The molecule has 0 saturated heterocycles. The molecule has 96 valence electrons. The fraction of sp³-hybridized carbons (Fsp3) is 0.538. The maximum atomic E-state index is 13.3. The molecular weight excluding hydrogens is 285 g/mol. The van der Waals surface area contributed by atoms with Crippen LogP contribution in [-0.2, 0) is 11.3 Å². The lowest BCUT2D eigenvalue weighted by molar-refractivity contribution is 0.115. The third-order valence-electron chi connectivity index (χ3n) is 2.41. The summed E-state index contributed by atoms with van der Waals surface area (Å²) in [5.74, 6) is -0.208. The van der Waals surface area contributed by atoms with Gasteiger partial charge in [-0.3, -0.25) is 0 Å². The Kier molecular flexibility index (Phi) is 7.40. The van der Waals surface area contributed by atoms with Gasteiger partial charge in [0.25, 0.3) is 0 Å². The van der Waals surface area contributed by atoms with E-state index in [0.29, 0.717) is 18.8 Å². The van der Waals surface area contributed by atoms with Crippen LogP contribution in [0.5, 0.6) is 0 Å². The first-order valence-corrected chi connectivity index (χ1v) is 6.75. The second kappa shape index (κ2) is 8.61. The average Bonchev–Trinajstić information content (AvgIpc) is 2.32. The van der Waals surface area contributed by atoms with Crippen molar-refractivity contribution < 1.29 is 9.13 Å². The summed E-state index contributed by atoms with van der Waals surface area (Å²) in [6.45, 7) is 5.13. The molecule has 0 atom stereocenters. The van der Waals surface area contributed by atoms with Crippen LogP contribution in [-0.4, -0.2) is 19.7 Å². The molecule has 0 bridgehead atoms. The molecule has 0 aliphatic carbocycles. The number of halogens is 2. The van der Waals surface area contributed by atoms with Gasteiger partial charge in [-0.2, -0.15) is 0 Å². The van der Waals surface area contributed by atoms with Crippen molar-refractivity contribution in [2.24, 2.45) is 0 Å². The Morgan fingerprint density at radius 1 is 1.35 bits per heavy atom. The molecule has 0 aromatic heterocycles. The average molecular weight is 304 g/mol. The van der Waals surface area contributed by atoms with Crippen molar-refractivity contribution in [1.82, 2.24) is 5.32 Å². The van der Waals surface area contributed by atoms with Crippen molar-refractivity contribution in [2.45, 2.75) is 26.4 Å². The van der Waals surface area contributed by atoms with Crippen LogP contribution in [0.1, 0.15) is 25.3 Å². The highest BCUT2D eigenvalue weighted by molar-refractivity contribution is 9.10. The molecule has 2 nitrogen and oxygen atoms in total. The number of ether oxygens (including phenoxy) is 1. The van der Waals surface area contributed by atoms with E-state index in [1.165, 1.54) is 6.07 Å². The molecule has 0 fully saturated rings. The zero-order chi connectivity index (χ0) is 12.5. The number of hydrogen-bond acceptors (Lipinski definition) is 2. The summed E-state index contributed by atoms with van der Waals surface area (Å²) < 4.78 is 19.7. The van der Waals surface area contributed by atoms with E-state index in [9.17, 15) is 4.39 Å². The third kappa shape index (κ3) is 6.15. The Balaban J connectivity index is 2.15. The normalized spacial score (nSPS) is 10.8. The van der Waals surface area contributed by atoms with E-state index in [1.54, 1.807) is 12.1 Å². The van der Waals surface area contributed by atoms with Gasteiger partial charge in [0, 0.05) is 16.6 Å². The van der Waals surface area contributed by atoms with Gasteiger partial charge in [0.1, 0.15) is 5.82 Å². The van der Waals surface area contributed by atoms with Crippen LogP contribution in [0.3, 0.4) is 0 Å². The Hall–Kier alpha value is -0.450. The van der Waals surface area contributed by atoms with E-state index >= 15 is 0 Å². The summed E-state index contributed by atoms with van der Waals surface area (Å²) in [7, 11) is 0. The summed E-state index contributed by atoms with van der Waals surface area (Å²) >= 11 is 3.32. The maximum absolute atomic E-state index is 13.3. The number of benzene rings is 1. The van der Waals surface area contributed by atoms with Gasteiger partial charge in [0.2, 0.25) is 0 Å². The van der Waals surface area contributed by atoms with Crippen molar-refractivity contribution >= 4 is 15.9 Å². The molecule has 4 heteroatoms. The molecule has 0 aliphatic heterocycles. The van der Waals surface area contributed by atoms with Gasteiger partial charge in [-0.25, -0.2) is 4.39 Å². The fourth-order valence-electron chi connectivity index (χ4n) is 1.47. The van der Waals surface area contributed by atoms with Gasteiger partial charge < -0.3 is 10.1 Å². The molecule has 0 heterocycles. The first-order valence-electron chi connectivity index (χ1n) is 5.96. The Bertz CT molecular complexity index is 333. The van der Waals surface area contributed by atoms with Crippen LogP contribution in [0.15, 0.2) is 22.7 Å². The predicted octanol–water partition coefficient (Wildman–Crippen LogP) is 3.49. The van der Waals surface area contributed by atoms with Crippen LogP contribution in [0.4, 0.5) is 4.39 Å². The summed E-state index contributed by atoms with van der Waals surface area (Å²) in [5.41, 5.74) is 0.603. The topological polar surface area (TPSA) is 21.3 Å². The molecule has 0 radical (unpaired) electrons. The van der Waals surface area contributed by atoms with Gasteiger partial charge >= 0.3 is 0 Å².